The van der Waals surface area contributed by atoms with Gasteiger partial charge in [-0.3, -0.25) is 4.79 Å². The summed E-state index contributed by atoms with van der Waals surface area (Å²) in [5.74, 6) is 2.38. The molecule has 1 aliphatic heterocycles. The smallest absolute Gasteiger partial charge is 0.253 e. The van der Waals surface area contributed by atoms with E-state index in [0.717, 1.165) is 40.9 Å². The lowest BCUT2D eigenvalue weighted by molar-refractivity contribution is 0.0768. The number of benzene rings is 1. The Morgan fingerprint density at radius 1 is 1.35 bits per heavy atom. The molecular weight excluding hydrogens is 298 g/mol. The van der Waals surface area contributed by atoms with E-state index in [1.807, 2.05) is 41.8 Å². The third-order valence-corrected chi connectivity index (χ3v) is 4.83. The summed E-state index contributed by atoms with van der Waals surface area (Å²) in [5.41, 5.74) is 1.95. The number of aryl methyl sites for hydroxylation is 1. The number of rotatable bonds is 1. The molecule has 0 N–H and O–H groups in total. The fourth-order valence-corrected chi connectivity index (χ4v) is 3.12. The number of hydrogen-bond acceptors (Lipinski definition) is 2. The molecule has 0 aromatic heterocycles. The van der Waals surface area contributed by atoms with Crippen LogP contribution in [0.3, 0.4) is 0 Å². The van der Waals surface area contributed by atoms with Crippen LogP contribution in [0.25, 0.3) is 0 Å². The molecule has 1 aliphatic rings. The molecule has 0 bridgehead atoms. The molecule has 0 saturated carbocycles. The average molecular weight is 314 g/mol. The highest BCUT2D eigenvalue weighted by Gasteiger charge is 2.17. The van der Waals surface area contributed by atoms with E-state index < -0.39 is 0 Å². The van der Waals surface area contributed by atoms with Crippen LogP contribution >= 0.6 is 27.7 Å². The van der Waals surface area contributed by atoms with E-state index >= 15 is 0 Å². The van der Waals surface area contributed by atoms with Crippen molar-refractivity contribution in [3.05, 3.63) is 33.8 Å². The number of carbonyl (C=O) groups excluding carboxylic acids is 1. The van der Waals surface area contributed by atoms with Crippen molar-refractivity contribution in [2.45, 2.75) is 13.3 Å². The van der Waals surface area contributed by atoms with Gasteiger partial charge in [-0.2, -0.15) is 11.8 Å². The summed E-state index contributed by atoms with van der Waals surface area (Å²) in [6.45, 7) is 3.78. The van der Waals surface area contributed by atoms with Crippen LogP contribution in [-0.4, -0.2) is 35.4 Å². The zero-order valence-corrected chi connectivity index (χ0v) is 12.3. The average Bonchev–Trinajstić information content (AvgIpc) is 2.60. The van der Waals surface area contributed by atoms with Crippen LogP contribution in [0.4, 0.5) is 0 Å². The molecule has 2 rings (SSSR count). The topological polar surface area (TPSA) is 20.3 Å². The Balaban J connectivity index is 2.14. The summed E-state index contributed by atoms with van der Waals surface area (Å²) < 4.78 is 1.01. The highest BCUT2D eigenvalue weighted by molar-refractivity contribution is 9.10. The number of amides is 1. The van der Waals surface area contributed by atoms with Crippen molar-refractivity contribution >= 4 is 33.6 Å². The molecular formula is C13H16BrNOS. The van der Waals surface area contributed by atoms with Crippen LogP contribution in [-0.2, 0) is 0 Å². The molecule has 1 amide bonds. The number of thioether (sulfide) groups is 1. The normalized spacial score (nSPS) is 16.7. The molecule has 4 heteroatoms. The second-order valence-electron chi connectivity index (χ2n) is 4.22. The van der Waals surface area contributed by atoms with Gasteiger partial charge in [0.25, 0.3) is 5.91 Å². The van der Waals surface area contributed by atoms with E-state index in [-0.39, 0.29) is 5.91 Å². The summed E-state index contributed by atoms with van der Waals surface area (Å²) in [6, 6.07) is 5.83. The van der Waals surface area contributed by atoms with Crippen LogP contribution in [0.1, 0.15) is 22.3 Å². The van der Waals surface area contributed by atoms with Crippen LogP contribution in [0.2, 0.25) is 0 Å². The van der Waals surface area contributed by atoms with Gasteiger partial charge in [-0.25, -0.2) is 0 Å². The second-order valence-corrected chi connectivity index (χ2v) is 6.30. The summed E-state index contributed by atoms with van der Waals surface area (Å²) >= 11 is 5.41. The Morgan fingerprint density at radius 3 is 2.94 bits per heavy atom. The monoisotopic (exact) mass is 313 g/mol. The summed E-state index contributed by atoms with van der Waals surface area (Å²) in [5, 5.41) is 0. The first-order valence-corrected chi connectivity index (χ1v) is 7.76. The highest BCUT2D eigenvalue weighted by atomic mass is 79.9. The Labute approximate surface area is 115 Å². The summed E-state index contributed by atoms with van der Waals surface area (Å²) in [6.07, 6.45) is 1.10. The number of hydrogen-bond donors (Lipinski definition) is 0. The Morgan fingerprint density at radius 2 is 2.18 bits per heavy atom. The molecule has 92 valence electrons. The zero-order chi connectivity index (χ0) is 12.3. The maximum absolute atomic E-state index is 12.3. The molecule has 0 atom stereocenters. The molecule has 1 heterocycles. The molecule has 0 aliphatic carbocycles. The minimum absolute atomic E-state index is 0.160. The highest BCUT2D eigenvalue weighted by Crippen LogP contribution is 2.19. The van der Waals surface area contributed by atoms with Crippen molar-refractivity contribution < 1.29 is 4.79 Å². The van der Waals surface area contributed by atoms with E-state index in [0.29, 0.717) is 0 Å². The molecule has 17 heavy (non-hydrogen) atoms. The second kappa shape index (κ2) is 5.91. The quantitative estimate of drug-likeness (QED) is 0.792. The Kier molecular flexibility index (Phi) is 4.51. The lowest BCUT2D eigenvalue weighted by Gasteiger charge is -2.20. The van der Waals surface area contributed by atoms with Gasteiger partial charge in [0.2, 0.25) is 0 Å². The van der Waals surface area contributed by atoms with Crippen molar-refractivity contribution in [1.82, 2.24) is 4.90 Å². The lowest BCUT2D eigenvalue weighted by Crippen LogP contribution is -2.32. The van der Waals surface area contributed by atoms with Gasteiger partial charge < -0.3 is 4.90 Å². The van der Waals surface area contributed by atoms with Crippen LogP contribution < -0.4 is 0 Å². The molecule has 2 nitrogen and oxygen atoms in total. The zero-order valence-electron chi connectivity index (χ0n) is 9.91. The van der Waals surface area contributed by atoms with Crippen molar-refractivity contribution in [3.63, 3.8) is 0 Å². The van der Waals surface area contributed by atoms with Gasteiger partial charge in [-0.15, -0.1) is 0 Å². The van der Waals surface area contributed by atoms with E-state index in [1.165, 1.54) is 5.75 Å². The predicted octanol–water partition coefficient (Wildman–Crippen LogP) is 3.34. The van der Waals surface area contributed by atoms with Gasteiger partial charge in [0.05, 0.1) is 0 Å². The molecule has 0 spiro atoms. The standard InChI is InChI=1S/C13H16BrNOS/c1-10-3-4-11(9-12(10)14)13(16)15-5-2-7-17-8-6-15/h3-4,9H,2,5-8H2,1H3. The first-order chi connectivity index (χ1) is 8.18. The van der Waals surface area contributed by atoms with Crippen LogP contribution in [0.15, 0.2) is 22.7 Å². The predicted molar refractivity (Wildman–Crippen MR) is 76.7 cm³/mol. The van der Waals surface area contributed by atoms with Crippen molar-refractivity contribution in [1.29, 1.82) is 0 Å². The van der Waals surface area contributed by atoms with E-state index in [9.17, 15) is 4.79 Å². The first-order valence-electron chi connectivity index (χ1n) is 5.81. The molecule has 0 unspecified atom stereocenters. The number of carbonyl (C=O) groups is 1. The fraction of sp³-hybridized carbons (Fsp3) is 0.462. The SMILES string of the molecule is Cc1ccc(C(=O)N2CCCSCC2)cc1Br. The summed E-state index contributed by atoms with van der Waals surface area (Å²) in [4.78, 5) is 14.3. The van der Waals surface area contributed by atoms with Gasteiger partial charge in [0.1, 0.15) is 0 Å². The number of halogens is 1. The van der Waals surface area contributed by atoms with E-state index in [1.54, 1.807) is 0 Å². The number of nitrogens with zero attached hydrogens (tertiary/aromatic N) is 1. The summed E-state index contributed by atoms with van der Waals surface area (Å²) in [7, 11) is 0. The van der Waals surface area contributed by atoms with E-state index in [2.05, 4.69) is 15.9 Å². The van der Waals surface area contributed by atoms with Crippen molar-refractivity contribution in [2.24, 2.45) is 0 Å². The lowest BCUT2D eigenvalue weighted by atomic mass is 10.1. The minimum atomic E-state index is 0.160. The Bertz CT molecular complexity index is 414. The maximum atomic E-state index is 12.3. The molecule has 0 radical (unpaired) electrons. The van der Waals surface area contributed by atoms with Crippen molar-refractivity contribution in [2.75, 3.05) is 24.6 Å². The van der Waals surface area contributed by atoms with Crippen LogP contribution in [0, 0.1) is 6.92 Å². The van der Waals surface area contributed by atoms with Crippen LogP contribution in [0.5, 0.6) is 0 Å². The molecule has 1 aromatic carbocycles. The van der Waals surface area contributed by atoms with E-state index in [4.69, 9.17) is 0 Å². The fourth-order valence-electron chi connectivity index (χ4n) is 1.86. The Hall–Kier alpha value is -0.480. The molecule has 1 saturated heterocycles. The minimum Gasteiger partial charge on any atom is -0.338 e. The maximum Gasteiger partial charge on any atom is 0.253 e. The third-order valence-electron chi connectivity index (χ3n) is 2.93. The first kappa shape index (κ1) is 13.0. The van der Waals surface area contributed by atoms with Gasteiger partial charge in [0, 0.05) is 28.9 Å². The van der Waals surface area contributed by atoms with Gasteiger partial charge in [-0.1, -0.05) is 22.0 Å². The molecule has 1 fully saturated rings. The van der Waals surface area contributed by atoms with Gasteiger partial charge >= 0.3 is 0 Å². The molecule has 1 aromatic rings. The largest absolute Gasteiger partial charge is 0.338 e. The van der Waals surface area contributed by atoms with Crippen molar-refractivity contribution in [3.8, 4) is 0 Å². The van der Waals surface area contributed by atoms with Gasteiger partial charge in [-0.05, 0) is 36.8 Å². The van der Waals surface area contributed by atoms with Gasteiger partial charge in [0.15, 0.2) is 0 Å². The third kappa shape index (κ3) is 3.26.